The van der Waals surface area contributed by atoms with Crippen LogP contribution < -0.4 is 4.72 Å². The molecule has 0 radical (unpaired) electrons. The van der Waals surface area contributed by atoms with E-state index in [1.807, 2.05) is 0 Å². The van der Waals surface area contributed by atoms with Crippen molar-refractivity contribution in [2.24, 2.45) is 0 Å². The number of carbonyl (C=O) groups is 1. The van der Waals surface area contributed by atoms with Crippen molar-refractivity contribution in [3.05, 3.63) is 29.8 Å². The lowest BCUT2D eigenvalue weighted by Crippen LogP contribution is -2.47. The maximum absolute atomic E-state index is 12.7. The Balaban J connectivity index is 1.66. The highest BCUT2D eigenvalue weighted by molar-refractivity contribution is 7.89. The molecule has 1 N–H and O–H groups in total. The number of nitrogens with one attached hydrogen (secondary N) is 1. The predicted octanol–water partition coefficient (Wildman–Crippen LogP) is 1.74. The third kappa shape index (κ3) is 4.25. The largest absolute Gasteiger partial charge is 0.347 e. The summed E-state index contributed by atoms with van der Waals surface area (Å²) in [6.07, 6.45) is 1.31. The zero-order chi connectivity index (χ0) is 19.0. The van der Waals surface area contributed by atoms with Gasteiger partial charge >= 0.3 is 0 Å². The molecule has 1 amide bonds. The van der Waals surface area contributed by atoms with Crippen LogP contribution in [0.2, 0.25) is 0 Å². The third-order valence-electron chi connectivity index (χ3n) is 4.48. The maximum atomic E-state index is 12.7. The van der Waals surface area contributed by atoms with Crippen LogP contribution in [0, 0.1) is 0 Å². The molecular formula is C18H26N2O5S. The highest BCUT2D eigenvalue weighted by Crippen LogP contribution is 2.31. The predicted molar refractivity (Wildman–Crippen MR) is 96.3 cm³/mol. The normalized spacial score (nSPS) is 20.5. The van der Waals surface area contributed by atoms with Gasteiger partial charge in [0.25, 0.3) is 5.91 Å². The molecule has 0 bridgehead atoms. The minimum Gasteiger partial charge on any atom is -0.347 e. The van der Waals surface area contributed by atoms with Gasteiger partial charge in [-0.1, -0.05) is 0 Å². The number of hydrogen-bond donors (Lipinski definition) is 1. The van der Waals surface area contributed by atoms with E-state index in [-0.39, 0.29) is 10.8 Å². The number of nitrogens with zero attached hydrogens (tertiary/aromatic N) is 1. The van der Waals surface area contributed by atoms with Gasteiger partial charge in [-0.15, -0.1) is 0 Å². The monoisotopic (exact) mass is 382 g/mol. The number of hydrogen-bond acceptors (Lipinski definition) is 5. The van der Waals surface area contributed by atoms with Crippen molar-refractivity contribution in [3.63, 3.8) is 0 Å². The molecule has 2 aliphatic rings. The number of amides is 1. The van der Waals surface area contributed by atoms with Gasteiger partial charge < -0.3 is 14.4 Å². The molecule has 1 aromatic carbocycles. The van der Waals surface area contributed by atoms with E-state index in [2.05, 4.69) is 4.72 Å². The Bertz CT molecular complexity index is 752. The molecule has 0 atom stereocenters. The first kappa shape index (κ1) is 19.3. The molecule has 1 spiro atoms. The van der Waals surface area contributed by atoms with Crippen LogP contribution in [0.25, 0.3) is 0 Å². The van der Waals surface area contributed by atoms with E-state index >= 15 is 0 Å². The summed E-state index contributed by atoms with van der Waals surface area (Å²) in [5.74, 6) is -0.626. The van der Waals surface area contributed by atoms with Gasteiger partial charge in [0.05, 0.1) is 18.1 Å². The number of rotatable bonds is 3. The fourth-order valence-electron chi connectivity index (χ4n) is 3.26. The van der Waals surface area contributed by atoms with Crippen LogP contribution in [0.1, 0.15) is 44.0 Å². The summed E-state index contributed by atoms with van der Waals surface area (Å²) in [6, 6.07) is 6.06. The first-order chi connectivity index (χ1) is 12.1. The number of carbonyl (C=O) groups excluding carboxylic acids is 1. The summed E-state index contributed by atoms with van der Waals surface area (Å²) in [6.45, 7) is 7.67. The average Bonchev–Trinajstić information content (AvgIpc) is 3.01. The van der Waals surface area contributed by atoms with E-state index in [0.29, 0.717) is 44.7 Å². The molecule has 0 aromatic heterocycles. The summed E-state index contributed by atoms with van der Waals surface area (Å²) in [5.41, 5.74) is -0.0921. The summed E-state index contributed by atoms with van der Waals surface area (Å²) in [7, 11) is -3.61. The number of benzene rings is 1. The summed E-state index contributed by atoms with van der Waals surface area (Å²) in [5, 5.41) is 0. The second kappa shape index (κ2) is 6.92. The van der Waals surface area contributed by atoms with E-state index in [1.54, 1.807) is 37.8 Å². The zero-order valence-electron chi connectivity index (χ0n) is 15.4. The molecule has 2 aliphatic heterocycles. The molecule has 1 aromatic rings. The molecule has 7 nitrogen and oxygen atoms in total. The minimum atomic E-state index is -3.61. The topological polar surface area (TPSA) is 84.9 Å². The fraction of sp³-hybridized carbons (Fsp3) is 0.611. The van der Waals surface area contributed by atoms with Crippen LogP contribution in [0.5, 0.6) is 0 Å². The molecule has 26 heavy (non-hydrogen) atoms. The standard InChI is InChI=1S/C18H26N2O5S/c1-17(2,3)19-26(22,23)15-6-4-14(5-7-15)16(21)20-10-8-18(9-11-20)24-12-13-25-18/h4-7,19H,8-13H2,1-3H3. The first-order valence-electron chi connectivity index (χ1n) is 8.82. The second-order valence-electron chi connectivity index (χ2n) is 7.78. The van der Waals surface area contributed by atoms with Crippen molar-refractivity contribution >= 4 is 15.9 Å². The Morgan fingerprint density at radius 1 is 1.08 bits per heavy atom. The van der Waals surface area contributed by atoms with Gasteiger partial charge in [-0.2, -0.15) is 0 Å². The lowest BCUT2D eigenvalue weighted by atomic mass is 10.0. The van der Waals surface area contributed by atoms with Crippen LogP contribution in [0.3, 0.4) is 0 Å². The Morgan fingerprint density at radius 3 is 2.12 bits per heavy atom. The molecule has 0 saturated carbocycles. The highest BCUT2D eigenvalue weighted by atomic mass is 32.2. The van der Waals surface area contributed by atoms with Crippen molar-refractivity contribution in [2.75, 3.05) is 26.3 Å². The summed E-state index contributed by atoms with van der Waals surface area (Å²) >= 11 is 0. The molecule has 8 heteroatoms. The van der Waals surface area contributed by atoms with Gasteiger partial charge in [-0.25, -0.2) is 13.1 Å². The Morgan fingerprint density at radius 2 is 1.62 bits per heavy atom. The number of sulfonamides is 1. The smallest absolute Gasteiger partial charge is 0.253 e. The maximum Gasteiger partial charge on any atom is 0.253 e. The number of piperidine rings is 1. The van der Waals surface area contributed by atoms with Gasteiger partial charge in [0.2, 0.25) is 10.0 Å². The zero-order valence-corrected chi connectivity index (χ0v) is 16.3. The van der Waals surface area contributed by atoms with Gasteiger partial charge in [-0.05, 0) is 45.0 Å². The van der Waals surface area contributed by atoms with Crippen molar-refractivity contribution in [3.8, 4) is 0 Å². The van der Waals surface area contributed by atoms with E-state index < -0.39 is 21.3 Å². The van der Waals surface area contributed by atoms with Gasteiger partial charge in [0.1, 0.15) is 0 Å². The van der Waals surface area contributed by atoms with Crippen LogP contribution in [-0.2, 0) is 19.5 Å². The van der Waals surface area contributed by atoms with Crippen LogP contribution in [-0.4, -0.2) is 56.9 Å². The molecule has 144 valence electrons. The van der Waals surface area contributed by atoms with Crippen molar-refractivity contribution < 1.29 is 22.7 Å². The molecule has 0 aliphatic carbocycles. The van der Waals surface area contributed by atoms with Gasteiger partial charge in [0.15, 0.2) is 5.79 Å². The van der Waals surface area contributed by atoms with Crippen molar-refractivity contribution in [1.82, 2.24) is 9.62 Å². The summed E-state index contributed by atoms with van der Waals surface area (Å²) in [4.78, 5) is 14.6. The highest BCUT2D eigenvalue weighted by Gasteiger charge is 2.40. The summed E-state index contributed by atoms with van der Waals surface area (Å²) < 4.78 is 38.6. The number of likely N-dealkylation sites (tertiary alicyclic amines) is 1. The van der Waals surface area contributed by atoms with Crippen LogP contribution in [0.4, 0.5) is 0 Å². The molecule has 2 fully saturated rings. The molecule has 2 saturated heterocycles. The molecule has 3 rings (SSSR count). The fourth-order valence-corrected chi connectivity index (χ4v) is 4.68. The third-order valence-corrected chi connectivity index (χ3v) is 6.25. The van der Waals surface area contributed by atoms with E-state index in [1.165, 1.54) is 12.1 Å². The second-order valence-corrected chi connectivity index (χ2v) is 9.46. The Hall–Kier alpha value is -1.48. The quantitative estimate of drug-likeness (QED) is 0.861. The van der Waals surface area contributed by atoms with E-state index in [0.717, 1.165) is 0 Å². The molecule has 0 unspecified atom stereocenters. The SMILES string of the molecule is CC(C)(C)NS(=O)(=O)c1ccc(C(=O)N2CCC3(CC2)OCCO3)cc1. The first-order valence-corrected chi connectivity index (χ1v) is 10.3. The number of ether oxygens (including phenoxy) is 2. The van der Waals surface area contributed by atoms with Crippen LogP contribution >= 0.6 is 0 Å². The molecule has 2 heterocycles. The Labute approximate surface area is 154 Å². The average molecular weight is 382 g/mol. The minimum absolute atomic E-state index is 0.106. The lowest BCUT2D eigenvalue weighted by Gasteiger charge is -2.37. The van der Waals surface area contributed by atoms with E-state index in [4.69, 9.17) is 9.47 Å². The van der Waals surface area contributed by atoms with Gasteiger partial charge in [0, 0.05) is 37.0 Å². The lowest BCUT2D eigenvalue weighted by molar-refractivity contribution is -0.181. The molecular weight excluding hydrogens is 356 g/mol. The van der Waals surface area contributed by atoms with Gasteiger partial charge in [-0.3, -0.25) is 4.79 Å². The van der Waals surface area contributed by atoms with Crippen molar-refractivity contribution in [2.45, 2.75) is 49.8 Å². The Kier molecular flexibility index (Phi) is 5.13. The van der Waals surface area contributed by atoms with Crippen molar-refractivity contribution in [1.29, 1.82) is 0 Å². The van der Waals surface area contributed by atoms with Crippen LogP contribution in [0.15, 0.2) is 29.2 Å². The van der Waals surface area contributed by atoms with E-state index in [9.17, 15) is 13.2 Å².